The summed E-state index contributed by atoms with van der Waals surface area (Å²) in [5, 5.41) is 0. The van der Waals surface area contributed by atoms with Crippen molar-refractivity contribution in [1.82, 2.24) is 0 Å². The van der Waals surface area contributed by atoms with Gasteiger partial charge in [0.25, 0.3) is 5.66 Å². The molecule has 0 aromatic carbocycles. The lowest BCUT2D eigenvalue weighted by Gasteiger charge is -2.32. The van der Waals surface area contributed by atoms with E-state index in [2.05, 4.69) is 17.1 Å². The molecule has 0 heterocycles. The number of allylic oxidation sites excluding steroid dienone is 1. The second kappa shape index (κ2) is 4.11. The van der Waals surface area contributed by atoms with E-state index in [-0.39, 0.29) is 6.42 Å². The standard InChI is InChI=1S/C7H12F2NOPS/c8-7(9,12)5-2-1-4(10)3-6(5)11-13/h1,5-6,13H,2-3,10,12H2/t5-,6+/m0/s1. The minimum atomic E-state index is -2.83. The smallest absolute Gasteiger partial charge is 0.264 e. The van der Waals surface area contributed by atoms with E-state index in [1.807, 2.05) is 0 Å². The van der Waals surface area contributed by atoms with Gasteiger partial charge in [-0.1, -0.05) is 15.3 Å². The van der Waals surface area contributed by atoms with Gasteiger partial charge >= 0.3 is 0 Å². The molecular formula is C7H12F2NOPS. The molecule has 2 N–H and O–H groups in total. The van der Waals surface area contributed by atoms with Crippen molar-refractivity contribution in [3.63, 3.8) is 0 Å². The maximum Gasteiger partial charge on any atom is 0.264 e. The van der Waals surface area contributed by atoms with Crippen molar-refractivity contribution in [2.75, 3.05) is 0 Å². The van der Waals surface area contributed by atoms with Crippen LogP contribution in [0.2, 0.25) is 0 Å². The van der Waals surface area contributed by atoms with Crippen molar-refractivity contribution in [2.24, 2.45) is 11.7 Å². The van der Waals surface area contributed by atoms with Crippen LogP contribution >= 0.6 is 22.1 Å². The van der Waals surface area contributed by atoms with Crippen LogP contribution in [-0.2, 0) is 4.18 Å². The van der Waals surface area contributed by atoms with Crippen LogP contribution in [0.3, 0.4) is 0 Å². The lowest BCUT2D eigenvalue weighted by atomic mass is 9.90. The number of alkyl halides is 2. The number of hydrogen-bond acceptors (Lipinski definition) is 3. The van der Waals surface area contributed by atoms with Gasteiger partial charge in [-0.3, -0.25) is 0 Å². The Morgan fingerprint density at radius 3 is 2.77 bits per heavy atom. The summed E-state index contributed by atoms with van der Waals surface area (Å²) >= 11 is 3.57. The largest absolute Gasteiger partial charge is 0.402 e. The van der Waals surface area contributed by atoms with Crippen molar-refractivity contribution < 1.29 is 13.0 Å². The van der Waals surface area contributed by atoms with Gasteiger partial charge in [-0.15, -0.1) is 0 Å². The highest BCUT2D eigenvalue weighted by Crippen LogP contribution is 2.41. The molecule has 1 aliphatic rings. The summed E-state index contributed by atoms with van der Waals surface area (Å²) in [6, 6.07) is 0. The Morgan fingerprint density at radius 1 is 1.69 bits per heavy atom. The van der Waals surface area contributed by atoms with Gasteiger partial charge in [0.15, 0.2) is 0 Å². The van der Waals surface area contributed by atoms with Gasteiger partial charge in [0.2, 0.25) is 0 Å². The molecule has 0 bridgehead atoms. The summed E-state index contributed by atoms with van der Waals surface area (Å²) in [5.74, 6) is -0.859. The van der Waals surface area contributed by atoms with Crippen LogP contribution in [0.25, 0.3) is 0 Å². The van der Waals surface area contributed by atoms with Crippen LogP contribution < -0.4 is 5.73 Å². The molecule has 1 unspecified atom stereocenters. The molecule has 0 saturated carbocycles. The molecule has 13 heavy (non-hydrogen) atoms. The van der Waals surface area contributed by atoms with E-state index in [0.29, 0.717) is 12.1 Å². The molecule has 2 nitrogen and oxygen atoms in total. The molecule has 1 rings (SSSR count). The van der Waals surface area contributed by atoms with Gasteiger partial charge < -0.3 is 9.92 Å². The normalized spacial score (nSPS) is 30.0. The summed E-state index contributed by atoms with van der Waals surface area (Å²) < 4.78 is 30.6. The van der Waals surface area contributed by atoms with E-state index in [1.165, 1.54) is 9.24 Å². The molecule has 0 radical (unpaired) electrons. The summed E-state index contributed by atoms with van der Waals surface area (Å²) in [6.07, 6.45) is 1.55. The molecule has 3 atom stereocenters. The average Bonchev–Trinajstić information content (AvgIpc) is 2.01. The molecule has 0 aliphatic heterocycles. The van der Waals surface area contributed by atoms with Crippen LogP contribution in [0.1, 0.15) is 12.8 Å². The maximum absolute atomic E-state index is 13.0. The highest BCUT2D eigenvalue weighted by molar-refractivity contribution is 7.75. The zero-order chi connectivity index (χ0) is 10.1. The molecule has 1 aliphatic carbocycles. The Bertz CT molecular complexity index is 219. The molecule has 6 heteroatoms. The molecular weight excluding hydrogens is 215 g/mol. The topological polar surface area (TPSA) is 35.2 Å². The van der Waals surface area contributed by atoms with Crippen LogP contribution in [0.4, 0.5) is 8.78 Å². The molecule has 0 fully saturated rings. The first-order chi connectivity index (χ1) is 5.95. The van der Waals surface area contributed by atoms with Gasteiger partial charge in [-0.25, -0.2) is 8.78 Å². The fourth-order valence-electron chi connectivity index (χ4n) is 1.40. The fourth-order valence-corrected chi connectivity index (χ4v) is 1.98. The first-order valence-electron chi connectivity index (χ1n) is 3.86. The average molecular weight is 227 g/mol. The summed E-state index contributed by atoms with van der Waals surface area (Å²) in [4.78, 5) is 0. The zero-order valence-corrected chi connectivity index (χ0v) is 8.96. The monoisotopic (exact) mass is 227 g/mol. The molecule has 76 valence electrons. The van der Waals surface area contributed by atoms with Gasteiger partial charge in [0.1, 0.15) is 0 Å². The Labute approximate surface area is 83.7 Å². The van der Waals surface area contributed by atoms with Crippen molar-refractivity contribution >= 4 is 22.1 Å². The second-order valence-electron chi connectivity index (χ2n) is 3.14. The number of thiol groups is 1. The molecule has 0 amide bonds. The third-order valence-electron chi connectivity index (χ3n) is 2.15. The number of nitrogens with two attached hydrogens (primary N) is 1. The van der Waals surface area contributed by atoms with Gasteiger partial charge in [0, 0.05) is 12.1 Å². The van der Waals surface area contributed by atoms with Gasteiger partial charge in [-0.2, -0.15) is 0 Å². The molecule has 0 spiro atoms. The van der Waals surface area contributed by atoms with E-state index in [1.54, 1.807) is 6.08 Å². The number of halogens is 2. The fraction of sp³-hybridized carbons (Fsp3) is 0.714. The van der Waals surface area contributed by atoms with Crippen molar-refractivity contribution in [2.45, 2.75) is 24.6 Å². The van der Waals surface area contributed by atoms with E-state index in [4.69, 9.17) is 5.73 Å². The lowest BCUT2D eigenvalue weighted by Crippen LogP contribution is -2.36. The quantitative estimate of drug-likeness (QED) is 0.429. The maximum atomic E-state index is 13.0. The first kappa shape index (κ1) is 11.2. The minimum Gasteiger partial charge on any atom is -0.402 e. The van der Waals surface area contributed by atoms with E-state index in [9.17, 15) is 8.78 Å². The van der Waals surface area contributed by atoms with Crippen molar-refractivity contribution in [3.05, 3.63) is 11.8 Å². The van der Waals surface area contributed by atoms with Gasteiger partial charge in [-0.05, 0) is 19.3 Å². The highest BCUT2D eigenvalue weighted by Gasteiger charge is 2.41. The summed E-state index contributed by atoms with van der Waals surface area (Å²) in [6.45, 7) is 0. The molecule has 0 aromatic heterocycles. The first-order valence-corrected chi connectivity index (χ1v) is 4.81. The van der Waals surface area contributed by atoms with E-state index < -0.39 is 17.7 Å². The van der Waals surface area contributed by atoms with Crippen LogP contribution in [0.15, 0.2) is 11.8 Å². The summed E-state index contributed by atoms with van der Waals surface area (Å²) in [5.41, 5.74) is 3.26. The van der Waals surface area contributed by atoms with E-state index >= 15 is 0 Å². The lowest BCUT2D eigenvalue weighted by molar-refractivity contribution is -0.0196. The predicted molar refractivity (Wildman–Crippen MR) is 53.5 cm³/mol. The van der Waals surface area contributed by atoms with Crippen molar-refractivity contribution in [3.8, 4) is 0 Å². The third kappa shape index (κ3) is 2.79. The Morgan fingerprint density at radius 2 is 2.31 bits per heavy atom. The molecule has 0 aromatic rings. The van der Waals surface area contributed by atoms with Crippen LogP contribution in [-0.4, -0.2) is 11.8 Å². The van der Waals surface area contributed by atoms with Crippen LogP contribution in [0, 0.1) is 5.92 Å². The third-order valence-corrected chi connectivity index (χ3v) is 2.85. The zero-order valence-electron chi connectivity index (χ0n) is 6.91. The number of hydrogen-bond donors (Lipinski definition) is 2. The Hall–Kier alpha value is 0.140. The van der Waals surface area contributed by atoms with E-state index in [0.717, 1.165) is 0 Å². The summed E-state index contributed by atoms with van der Waals surface area (Å²) in [7, 11) is 1.53. The van der Waals surface area contributed by atoms with Crippen LogP contribution in [0.5, 0.6) is 0 Å². The number of rotatable bonds is 2. The SMILES string of the molecule is NC1=CC[C@H](C(F)(F)P)[C@H](OS)C1. The van der Waals surface area contributed by atoms with Gasteiger partial charge in [0.05, 0.1) is 12.0 Å². The second-order valence-corrected chi connectivity index (χ2v) is 4.12. The van der Waals surface area contributed by atoms with Crippen molar-refractivity contribution in [1.29, 1.82) is 0 Å². The molecule has 0 saturated heterocycles. The predicted octanol–water partition coefficient (Wildman–Crippen LogP) is 1.94. The highest BCUT2D eigenvalue weighted by atomic mass is 32.1. The Balaban J connectivity index is 2.75. The minimum absolute atomic E-state index is 0.230. The Kier molecular flexibility index (Phi) is 3.55.